The highest BCUT2D eigenvalue weighted by Crippen LogP contribution is 2.42. The summed E-state index contributed by atoms with van der Waals surface area (Å²) in [5.74, 6) is -0.721. The van der Waals surface area contributed by atoms with Gasteiger partial charge < -0.3 is 15.9 Å². The number of halogens is 5. The van der Waals surface area contributed by atoms with Gasteiger partial charge in [0.25, 0.3) is 0 Å². The molecular weight excluding hydrogens is 412 g/mol. The van der Waals surface area contributed by atoms with Crippen molar-refractivity contribution >= 4 is 34.1 Å². The Labute approximate surface area is 165 Å². The molecule has 4 N–H and O–H groups in total. The van der Waals surface area contributed by atoms with Gasteiger partial charge in [-0.2, -0.15) is 13.2 Å². The first kappa shape index (κ1) is 19.0. The Hall–Kier alpha value is -3.33. The Kier molecular flexibility index (Phi) is 4.34. The van der Waals surface area contributed by atoms with Crippen LogP contribution < -0.4 is 11.5 Å². The molecule has 0 unspecified atom stereocenters. The number of nitrogens with zero attached hydrogens (tertiary/aromatic N) is 2. The molecule has 10 heteroatoms. The average molecular weight is 423 g/mol. The number of aromatic nitrogens is 2. The number of nitrogen functional groups attached to an aromatic ring is 2. The van der Waals surface area contributed by atoms with Gasteiger partial charge >= 0.3 is 6.18 Å². The van der Waals surface area contributed by atoms with E-state index in [2.05, 4.69) is 9.97 Å². The van der Waals surface area contributed by atoms with Gasteiger partial charge in [-0.1, -0.05) is 17.7 Å². The number of nitrogens with two attached hydrogens (primary N) is 2. The topological polar surface area (TPSA) is 91.0 Å². The molecule has 0 saturated carbocycles. The summed E-state index contributed by atoms with van der Waals surface area (Å²) < 4.78 is 58.1. The molecule has 29 heavy (non-hydrogen) atoms. The predicted molar refractivity (Wildman–Crippen MR) is 101 cm³/mol. The van der Waals surface area contributed by atoms with Gasteiger partial charge in [-0.25, -0.2) is 4.39 Å². The lowest BCUT2D eigenvalue weighted by atomic mass is 10.0. The molecule has 0 fully saturated rings. The van der Waals surface area contributed by atoms with Crippen LogP contribution in [0.1, 0.15) is 5.69 Å². The molecule has 4 rings (SSSR count). The first-order chi connectivity index (χ1) is 13.7. The van der Waals surface area contributed by atoms with Crippen LogP contribution in [0.5, 0.6) is 0 Å². The fraction of sp³-hybridized carbons (Fsp3) is 0.0526. The first-order valence-electron chi connectivity index (χ1n) is 8.12. The van der Waals surface area contributed by atoms with Crippen molar-refractivity contribution in [1.82, 2.24) is 9.97 Å². The van der Waals surface area contributed by atoms with E-state index in [-0.39, 0.29) is 33.4 Å². The molecule has 0 spiro atoms. The van der Waals surface area contributed by atoms with Crippen molar-refractivity contribution in [2.75, 3.05) is 11.5 Å². The SMILES string of the molecule is Nc1oc2c(-c3ccnc(C(F)(F)F)c3)ncc(-c3ccc(F)c(Cl)c3)c2c1N. The molecule has 0 radical (unpaired) electrons. The van der Waals surface area contributed by atoms with E-state index in [4.69, 9.17) is 27.5 Å². The van der Waals surface area contributed by atoms with Crippen LogP contribution in [0.2, 0.25) is 5.02 Å². The number of furan rings is 1. The zero-order valence-corrected chi connectivity index (χ0v) is 15.1. The maximum Gasteiger partial charge on any atom is 0.433 e. The largest absolute Gasteiger partial charge is 0.436 e. The lowest BCUT2D eigenvalue weighted by Gasteiger charge is -2.10. The zero-order valence-electron chi connectivity index (χ0n) is 14.4. The van der Waals surface area contributed by atoms with Crippen molar-refractivity contribution in [2.24, 2.45) is 0 Å². The molecular formula is C19H11ClF4N4O. The van der Waals surface area contributed by atoms with Gasteiger partial charge in [-0.15, -0.1) is 0 Å². The first-order valence-corrected chi connectivity index (χ1v) is 8.50. The van der Waals surface area contributed by atoms with Crippen LogP contribution in [0.3, 0.4) is 0 Å². The van der Waals surface area contributed by atoms with Gasteiger partial charge in [0, 0.05) is 23.5 Å². The quantitative estimate of drug-likeness (QED) is 0.414. The molecule has 148 valence electrons. The summed E-state index contributed by atoms with van der Waals surface area (Å²) in [6, 6.07) is 6.24. The number of anilines is 2. The van der Waals surface area contributed by atoms with Crippen molar-refractivity contribution in [2.45, 2.75) is 6.18 Å². The van der Waals surface area contributed by atoms with Crippen LogP contribution in [0.25, 0.3) is 33.4 Å². The van der Waals surface area contributed by atoms with E-state index in [9.17, 15) is 17.6 Å². The van der Waals surface area contributed by atoms with E-state index in [1.165, 1.54) is 30.5 Å². The molecule has 3 heterocycles. The molecule has 0 atom stereocenters. The molecule has 0 aliphatic carbocycles. The molecule has 4 aromatic rings. The minimum absolute atomic E-state index is 0.0872. The fourth-order valence-corrected chi connectivity index (χ4v) is 3.15. The molecule has 0 aliphatic rings. The van der Waals surface area contributed by atoms with Crippen molar-refractivity contribution in [3.63, 3.8) is 0 Å². The number of rotatable bonds is 2. The highest BCUT2D eigenvalue weighted by Gasteiger charge is 2.33. The average Bonchev–Trinajstić information content (AvgIpc) is 2.98. The number of alkyl halides is 3. The van der Waals surface area contributed by atoms with Crippen molar-refractivity contribution in [3.05, 3.63) is 59.3 Å². The Morgan fingerprint density at radius 1 is 1.00 bits per heavy atom. The van der Waals surface area contributed by atoms with Crippen molar-refractivity contribution in [3.8, 4) is 22.4 Å². The van der Waals surface area contributed by atoms with E-state index < -0.39 is 17.7 Å². The Morgan fingerprint density at radius 3 is 2.45 bits per heavy atom. The summed E-state index contributed by atoms with van der Waals surface area (Å²) in [7, 11) is 0. The minimum atomic E-state index is -4.62. The van der Waals surface area contributed by atoms with Gasteiger partial charge in [0.2, 0.25) is 5.88 Å². The number of hydrogen-bond donors (Lipinski definition) is 2. The van der Waals surface area contributed by atoms with Crippen LogP contribution in [-0.4, -0.2) is 9.97 Å². The van der Waals surface area contributed by atoms with Crippen LogP contribution >= 0.6 is 11.6 Å². The second-order valence-electron chi connectivity index (χ2n) is 6.16. The molecule has 0 saturated heterocycles. The summed E-state index contributed by atoms with van der Waals surface area (Å²) in [6.07, 6.45) is -2.21. The molecule has 0 bridgehead atoms. The molecule has 5 nitrogen and oxygen atoms in total. The summed E-state index contributed by atoms with van der Waals surface area (Å²) in [5.41, 5.74) is 12.1. The summed E-state index contributed by atoms with van der Waals surface area (Å²) in [6.45, 7) is 0. The third-order valence-corrected chi connectivity index (χ3v) is 4.63. The van der Waals surface area contributed by atoms with E-state index in [1.54, 1.807) is 0 Å². The number of pyridine rings is 2. The Morgan fingerprint density at radius 2 is 1.76 bits per heavy atom. The highest BCUT2D eigenvalue weighted by atomic mass is 35.5. The highest BCUT2D eigenvalue weighted by molar-refractivity contribution is 6.31. The second-order valence-corrected chi connectivity index (χ2v) is 6.57. The van der Waals surface area contributed by atoms with Crippen LogP contribution in [0, 0.1) is 5.82 Å². The third kappa shape index (κ3) is 3.23. The summed E-state index contributed by atoms with van der Waals surface area (Å²) >= 11 is 5.86. The third-order valence-electron chi connectivity index (χ3n) is 4.34. The van der Waals surface area contributed by atoms with Crippen LogP contribution in [0.4, 0.5) is 29.1 Å². The van der Waals surface area contributed by atoms with Gasteiger partial charge in [0.05, 0.1) is 10.4 Å². The predicted octanol–water partition coefficient (Wildman–Crippen LogP) is 5.53. The van der Waals surface area contributed by atoms with E-state index in [1.807, 2.05) is 0 Å². The zero-order chi connectivity index (χ0) is 20.9. The lowest BCUT2D eigenvalue weighted by molar-refractivity contribution is -0.141. The molecule has 1 aromatic carbocycles. The van der Waals surface area contributed by atoms with E-state index in [0.717, 1.165) is 12.3 Å². The molecule has 3 aromatic heterocycles. The van der Waals surface area contributed by atoms with Gasteiger partial charge in [0.15, 0.2) is 5.58 Å². The van der Waals surface area contributed by atoms with E-state index in [0.29, 0.717) is 16.5 Å². The fourth-order valence-electron chi connectivity index (χ4n) is 2.97. The maximum absolute atomic E-state index is 13.5. The van der Waals surface area contributed by atoms with E-state index >= 15 is 0 Å². The Balaban J connectivity index is 1.98. The summed E-state index contributed by atoms with van der Waals surface area (Å²) in [4.78, 5) is 7.59. The van der Waals surface area contributed by atoms with Crippen molar-refractivity contribution < 1.29 is 22.0 Å². The second kappa shape index (κ2) is 6.63. The minimum Gasteiger partial charge on any atom is -0.436 e. The smallest absolute Gasteiger partial charge is 0.433 e. The van der Waals surface area contributed by atoms with Gasteiger partial charge in [0.1, 0.15) is 22.9 Å². The van der Waals surface area contributed by atoms with Gasteiger partial charge in [-0.3, -0.25) is 9.97 Å². The number of hydrogen-bond acceptors (Lipinski definition) is 5. The lowest BCUT2D eigenvalue weighted by Crippen LogP contribution is -2.07. The molecule has 0 amide bonds. The standard InChI is InChI=1S/C19H11ClF4N4O/c20-11-5-8(1-2-12(11)21)10-7-28-16(17-14(10)15(25)18(26)29-17)9-3-4-27-13(6-9)19(22,23)24/h1-7H,25-26H2. The normalized spacial score (nSPS) is 11.9. The summed E-state index contributed by atoms with van der Waals surface area (Å²) in [5, 5.41) is 0.222. The Bertz CT molecular complexity index is 1250. The maximum atomic E-state index is 13.5. The van der Waals surface area contributed by atoms with Gasteiger partial charge in [-0.05, 0) is 29.8 Å². The van der Waals surface area contributed by atoms with Crippen molar-refractivity contribution in [1.29, 1.82) is 0 Å². The monoisotopic (exact) mass is 422 g/mol. The van der Waals surface area contributed by atoms with Crippen LogP contribution in [-0.2, 0) is 6.18 Å². The number of benzene rings is 1. The molecule has 0 aliphatic heterocycles. The van der Waals surface area contributed by atoms with Crippen LogP contribution in [0.15, 0.2) is 47.1 Å². The number of fused-ring (bicyclic) bond motifs is 1.